The first-order valence-corrected chi connectivity index (χ1v) is 17.3. The first kappa shape index (κ1) is 21.4. The molecule has 0 amide bonds. The van der Waals surface area contributed by atoms with Gasteiger partial charge in [0.05, 0.1) is 13.2 Å². The summed E-state index contributed by atoms with van der Waals surface area (Å²) in [5, 5.41) is 1.14. The van der Waals surface area contributed by atoms with Crippen LogP contribution in [-0.4, -0.2) is 27.8 Å². The van der Waals surface area contributed by atoms with Crippen molar-refractivity contribution in [2.75, 3.05) is 7.11 Å². The molecule has 0 aliphatic rings. The van der Waals surface area contributed by atoms with Crippen LogP contribution < -0.4 is 4.74 Å². The number of benzene rings is 2. The van der Waals surface area contributed by atoms with Gasteiger partial charge >= 0.3 is 0 Å². The summed E-state index contributed by atoms with van der Waals surface area (Å²) in [5.74, 6) is 1.89. The molecule has 3 aromatic rings. The lowest BCUT2D eigenvalue weighted by Crippen LogP contribution is -2.60. The molecule has 0 saturated heterocycles. The fraction of sp³-hybridized carbons (Fsp3) is 0.364. The van der Waals surface area contributed by atoms with E-state index in [9.17, 15) is 0 Å². The molecule has 0 aliphatic carbocycles. The Bertz CT molecular complexity index is 926. The fourth-order valence-corrected chi connectivity index (χ4v) is 14.8. The van der Waals surface area contributed by atoms with Crippen molar-refractivity contribution in [1.29, 1.82) is 0 Å². The van der Waals surface area contributed by atoms with E-state index >= 15 is 0 Å². The van der Waals surface area contributed by atoms with Gasteiger partial charge in [-0.2, -0.15) is 0 Å². The summed E-state index contributed by atoms with van der Waals surface area (Å²) in [6.45, 7) is 14.5. The SMILES string of the molecule is COc1ccc(Br)cc1C(c1cc2ccccc2o1)N([Si](C)(C)C)[Si](C)(C)C. The third kappa shape index (κ3) is 4.30. The molecule has 0 N–H and O–H groups in total. The van der Waals surface area contributed by atoms with Gasteiger partial charge < -0.3 is 13.4 Å². The average molecular weight is 477 g/mol. The van der Waals surface area contributed by atoms with Crippen LogP contribution in [0.15, 0.2) is 57.4 Å². The monoisotopic (exact) mass is 475 g/mol. The minimum atomic E-state index is -1.69. The van der Waals surface area contributed by atoms with Gasteiger partial charge in [-0.3, -0.25) is 0 Å². The summed E-state index contributed by atoms with van der Waals surface area (Å²) in [5.41, 5.74) is 2.09. The van der Waals surface area contributed by atoms with Gasteiger partial charge in [-0.25, -0.2) is 0 Å². The van der Waals surface area contributed by atoms with E-state index in [1.54, 1.807) is 7.11 Å². The van der Waals surface area contributed by atoms with E-state index in [1.807, 2.05) is 24.3 Å². The second-order valence-electron chi connectivity index (χ2n) is 9.19. The Balaban J connectivity index is 2.32. The molecule has 1 atom stereocenters. The van der Waals surface area contributed by atoms with Crippen LogP contribution in [0.4, 0.5) is 0 Å². The van der Waals surface area contributed by atoms with Crippen molar-refractivity contribution < 1.29 is 9.15 Å². The average Bonchev–Trinajstić information content (AvgIpc) is 3.01. The highest BCUT2D eigenvalue weighted by Crippen LogP contribution is 2.43. The molecular formula is C22H30BrNO2Si2. The fourth-order valence-electron chi connectivity index (χ4n) is 4.26. The largest absolute Gasteiger partial charge is 0.496 e. The quantitative estimate of drug-likeness (QED) is 0.350. The van der Waals surface area contributed by atoms with Gasteiger partial charge in [0, 0.05) is 15.4 Å². The predicted molar refractivity (Wildman–Crippen MR) is 127 cm³/mol. The minimum absolute atomic E-state index is 0.0261. The summed E-state index contributed by atoms with van der Waals surface area (Å²) in [4.78, 5) is 0. The molecule has 3 nitrogen and oxygen atoms in total. The summed E-state index contributed by atoms with van der Waals surface area (Å²) >= 11 is 3.67. The van der Waals surface area contributed by atoms with Gasteiger partial charge in [0.1, 0.15) is 33.6 Å². The second kappa shape index (κ2) is 7.82. The number of fused-ring (bicyclic) bond motifs is 1. The van der Waals surface area contributed by atoms with Crippen LogP contribution in [0.2, 0.25) is 39.3 Å². The van der Waals surface area contributed by atoms with Crippen LogP contribution in [-0.2, 0) is 0 Å². The molecule has 0 aliphatic heterocycles. The number of para-hydroxylation sites is 1. The van der Waals surface area contributed by atoms with E-state index in [0.29, 0.717) is 0 Å². The predicted octanol–water partition coefficient (Wildman–Crippen LogP) is 7.27. The van der Waals surface area contributed by atoms with E-state index in [4.69, 9.17) is 9.15 Å². The molecule has 1 aromatic heterocycles. The Labute approximate surface area is 179 Å². The zero-order valence-corrected chi connectivity index (χ0v) is 21.4. The number of furan rings is 1. The van der Waals surface area contributed by atoms with Gasteiger partial charge in [-0.05, 0) is 30.3 Å². The summed E-state index contributed by atoms with van der Waals surface area (Å²) < 4.78 is 16.1. The highest BCUT2D eigenvalue weighted by molar-refractivity contribution is 9.10. The summed E-state index contributed by atoms with van der Waals surface area (Å²) in [6.07, 6.45) is 0. The lowest BCUT2D eigenvalue weighted by atomic mass is 10.0. The van der Waals surface area contributed by atoms with Crippen molar-refractivity contribution in [2.45, 2.75) is 45.3 Å². The van der Waals surface area contributed by atoms with Crippen molar-refractivity contribution in [3.8, 4) is 5.75 Å². The maximum absolute atomic E-state index is 6.43. The van der Waals surface area contributed by atoms with Crippen molar-refractivity contribution in [3.05, 3.63) is 64.3 Å². The zero-order chi connectivity index (χ0) is 20.7. The Morgan fingerprint density at radius 1 is 0.929 bits per heavy atom. The highest BCUT2D eigenvalue weighted by Gasteiger charge is 2.43. The second-order valence-corrected chi connectivity index (χ2v) is 20.2. The first-order chi connectivity index (χ1) is 13.0. The standard InChI is InChI=1S/C22H30BrNO2Si2/c1-25-20-13-12-17(23)15-18(20)22(24(27(2,3)4)28(5,6)7)21-14-16-10-8-9-11-19(16)26-21/h8-15,22H,1-7H3. The van der Waals surface area contributed by atoms with Crippen molar-refractivity contribution in [2.24, 2.45) is 0 Å². The maximum atomic E-state index is 6.43. The van der Waals surface area contributed by atoms with E-state index in [2.05, 4.69) is 83.7 Å². The number of ether oxygens (including phenoxy) is 1. The summed E-state index contributed by atoms with van der Waals surface area (Å²) in [7, 11) is -1.63. The smallest absolute Gasteiger partial charge is 0.134 e. The Morgan fingerprint density at radius 2 is 1.57 bits per heavy atom. The number of hydrogen-bond acceptors (Lipinski definition) is 3. The van der Waals surface area contributed by atoms with Gasteiger partial charge in [0.25, 0.3) is 0 Å². The molecule has 1 unspecified atom stereocenters. The molecule has 28 heavy (non-hydrogen) atoms. The van der Waals surface area contributed by atoms with Gasteiger partial charge in [-0.1, -0.05) is 73.4 Å². The number of hydrogen-bond donors (Lipinski definition) is 0. The van der Waals surface area contributed by atoms with Crippen LogP contribution in [0.25, 0.3) is 11.0 Å². The van der Waals surface area contributed by atoms with Crippen LogP contribution in [0, 0.1) is 0 Å². The van der Waals surface area contributed by atoms with Crippen molar-refractivity contribution in [1.82, 2.24) is 4.23 Å². The molecule has 1 heterocycles. The zero-order valence-electron chi connectivity index (χ0n) is 17.8. The lowest BCUT2D eigenvalue weighted by molar-refractivity contribution is 0.379. The summed E-state index contributed by atoms with van der Waals surface area (Å²) in [6, 6.07) is 16.7. The maximum Gasteiger partial charge on any atom is 0.134 e. The molecule has 150 valence electrons. The topological polar surface area (TPSA) is 25.6 Å². The van der Waals surface area contributed by atoms with E-state index in [-0.39, 0.29) is 6.04 Å². The third-order valence-electron chi connectivity index (χ3n) is 4.90. The molecular weight excluding hydrogens is 446 g/mol. The Kier molecular flexibility index (Phi) is 5.97. The first-order valence-electron chi connectivity index (χ1n) is 9.64. The number of halogens is 1. The van der Waals surface area contributed by atoms with E-state index < -0.39 is 16.5 Å². The number of nitrogens with zero attached hydrogens (tertiary/aromatic N) is 1. The molecule has 0 fully saturated rings. The number of rotatable bonds is 6. The Morgan fingerprint density at radius 3 is 2.14 bits per heavy atom. The van der Waals surface area contributed by atoms with Gasteiger partial charge in [0.2, 0.25) is 0 Å². The van der Waals surface area contributed by atoms with E-state index in [0.717, 1.165) is 32.5 Å². The molecule has 2 aromatic carbocycles. The number of methoxy groups -OCH3 is 1. The highest BCUT2D eigenvalue weighted by atomic mass is 79.9. The van der Waals surface area contributed by atoms with Crippen LogP contribution in [0.1, 0.15) is 17.4 Å². The minimum Gasteiger partial charge on any atom is -0.496 e. The third-order valence-corrected chi connectivity index (χ3v) is 12.8. The van der Waals surface area contributed by atoms with E-state index in [1.165, 1.54) is 0 Å². The van der Waals surface area contributed by atoms with Crippen molar-refractivity contribution in [3.63, 3.8) is 0 Å². The van der Waals surface area contributed by atoms with Gasteiger partial charge in [0.15, 0.2) is 0 Å². The van der Waals surface area contributed by atoms with Crippen molar-refractivity contribution >= 4 is 43.4 Å². The molecule has 0 radical (unpaired) electrons. The molecule has 0 bridgehead atoms. The Hall–Kier alpha value is -1.35. The molecule has 0 spiro atoms. The van der Waals surface area contributed by atoms with Crippen LogP contribution in [0.3, 0.4) is 0 Å². The molecule has 6 heteroatoms. The normalized spacial score (nSPS) is 13.9. The lowest BCUT2D eigenvalue weighted by Gasteiger charge is -2.48. The van der Waals surface area contributed by atoms with Crippen LogP contribution >= 0.6 is 15.9 Å². The molecule has 0 saturated carbocycles. The van der Waals surface area contributed by atoms with Gasteiger partial charge in [-0.15, -0.1) is 0 Å². The van der Waals surface area contributed by atoms with Crippen LogP contribution in [0.5, 0.6) is 5.75 Å². The molecule has 3 rings (SSSR count).